The van der Waals surface area contributed by atoms with Gasteiger partial charge in [-0.25, -0.2) is 13.1 Å². The summed E-state index contributed by atoms with van der Waals surface area (Å²) in [5.74, 6) is -1.15. The van der Waals surface area contributed by atoms with Crippen LogP contribution < -0.4 is 9.03 Å². The highest BCUT2D eigenvalue weighted by molar-refractivity contribution is 7.91. The van der Waals surface area contributed by atoms with Crippen LogP contribution in [0.25, 0.3) is 0 Å². The maximum Gasteiger partial charge on any atom is 0.306 e. The van der Waals surface area contributed by atoms with E-state index in [0.29, 0.717) is 5.56 Å². The maximum absolute atomic E-state index is 13.9. The fourth-order valence-corrected chi connectivity index (χ4v) is 3.44. The first-order valence-electron chi connectivity index (χ1n) is 5.82. The summed E-state index contributed by atoms with van der Waals surface area (Å²) in [6.07, 6.45) is 0. The standard InChI is InChI=1S/C13H10F2N2O2S/c14-10-5-6-12-9(7-10)8-16-20(18,19)17(12)13-4-2-1-3-11(13)15/h1-7,16H,8H2. The Bertz CT molecular complexity index is 778. The number of para-hydroxylation sites is 1. The molecule has 2 aromatic carbocycles. The van der Waals surface area contributed by atoms with Gasteiger partial charge in [-0.15, -0.1) is 0 Å². The fraction of sp³-hybridized carbons (Fsp3) is 0.0769. The molecule has 2 aromatic rings. The first kappa shape index (κ1) is 13.0. The van der Waals surface area contributed by atoms with Crippen molar-refractivity contribution in [2.75, 3.05) is 4.31 Å². The summed E-state index contributed by atoms with van der Waals surface area (Å²) in [5, 5.41) is 0. The molecule has 0 saturated carbocycles. The Hall–Kier alpha value is -1.99. The number of benzene rings is 2. The number of rotatable bonds is 1. The molecular formula is C13H10F2N2O2S. The van der Waals surface area contributed by atoms with Crippen LogP contribution in [-0.4, -0.2) is 8.42 Å². The monoisotopic (exact) mass is 296 g/mol. The van der Waals surface area contributed by atoms with Crippen molar-refractivity contribution in [3.63, 3.8) is 0 Å². The summed E-state index contributed by atoms with van der Waals surface area (Å²) >= 11 is 0. The molecule has 0 spiro atoms. The SMILES string of the molecule is O=S1(=O)NCc2cc(F)ccc2N1c1ccccc1F. The molecule has 104 valence electrons. The molecule has 1 aliphatic rings. The minimum Gasteiger partial charge on any atom is -0.223 e. The lowest BCUT2D eigenvalue weighted by Crippen LogP contribution is -2.42. The summed E-state index contributed by atoms with van der Waals surface area (Å²) in [6.45, 7) is -0.0274. The Kier molecular flexibility index (Phi) is 2.95. The van der Waals surface area contributed by atoms with E-state index in [9.17, 15) is 17.2 Å². The minimum atomic E-state index is -3.90. The predicted octanol–water partition coefficient (Wildman–Crippen LogP) is 2.45. The topological polar surface area (TPSA) is 49.4 Å². The molecule has 0 amide bonds. The van der Waals surface area contributed by atoms with Gasteiger partial charge in [-0.3, -0.25) is 0 Å². The van der Waals surface area contributed by atoms with Gasteiger partial charge in [0.25, 0.3) is 0 Å². The van der Waals surface area contributed by atoms with E-state index in [-0.39, 0.29) is 17.9 Å². The highest BCUT2D eigenvalue weighted by atomic mass is 32.2. The Labute approximate surface area is 114 Å². The Morgan fingerprint density at radius 3 is 2.55 bits per heavy atom. The van der Waals surface area contributed by atoms with Gasteiger partial charge >= 0.3 is 10.2 Å². The molecule has 0 atom stereocenters. The quantitative estimate of drug-likeness (QED) is 0.879. The van der Waals surface area contributed by atoms with Crippen LogP contribution in [0.1, 0.15) is 5.56 Å². The smallest absolute Gasteiger partial charge is 0.223 e. The Morgan fingerprint density at radius 1 is 1.05 bits per heavy atom. The molecule has 3 rings (SSSR count). The molecular weight excluding hydrogens is 286 g/mol. The van der Waals surface area contributed by atoms with E-state index in [1.807, 2.05) is 0 Å². The number of halogens is 2. The molecule has 1 N–H and O–H groups in total. The molecule has 0 aromatic heterocycles. The van der Waals surface area contributed by atoms with E-state index in [0.717, 1.165) is 10.4 Å². The van der Waals surface area contributed by atoms with Crippen molar-refractivity contribution in [3.8, 4) is 0 Å². The predicted molar refractivity (Wildman–Crippen MR) is 70.7 cm³/mol. The summed E-state index contributed by atoms with van der Waals surface area (Å²) in [6, 6.07) is 9.23. The number of fused-ring (bicyclic) bond motifs is 1. The first-order valence-corrected chi connectivity index (χ1v) is 7.26. The van der Waals surface area contributed by atoms with Crippen molar-refractivity contribution in [1.29, 1.82) is 0 Å². The summed E-state index contributed by atoms with van der Waals surface area (Å²) in [5.41, 5.74) is 0.589. The highest BCUT2D eigenvalue weighted by Crippen LogP contribution is 2.35. The molecule has 7 heteroatoms. The minimum absolute atomic E-state index is 0.0274. The van der Waals surface area contributed by atoms with Crippen molar-refractivity contribution < 1.29 is 17.2 Å². The zero-order valence-corrected chi connectivity index (χ0v) is 11.0. The van der Waals surface area contributed by atoms with Crippen molar-refractivity contribution in [1.82, 2.24) is 4.72 Å². The molecule has 1 heterocycles. The van der Waals surface area contributed by atoms with E-state index in [4.69, 9.17) is 0 Å². The molecule has 1 aliphatic heterocycles. The number of hydrogen-bond acceptors (Lipinski definition) is 2. The van der Waals surface area contributed by atoms with Gasteiger partial charge in [0.15, 0.2) is 0 Å². The molecule has 4 nitrogen and oxygen atoms in total. The molecule has 0 fully saturated rings. The molecule has 0 aliphatic carbocycles. The number of nitrogens with zero attached hydrogens (tertiary/aromatic N) is 1. The van der Waals surface area contributed by atoms with E-state index in [2.05, 4.69) is 4.72 Å². The van der Waals surface area contributed by atoms with Gasteiger partial charge in [0.2, 0.25) is 0 Å². The maximum atomic E-state index is 13.9. The summed E-state index contributed by atoms with van der Waals surface area (Å²) in [7, 11) is -3.90. The van der Waals surface area contributed by atoms with Crippen molar-refractivity contribution in [2.45, 2.75) is 6.54 Å². The van der Waals surface area contributed by atoms with E-state index < -0.39 is 21.8 Å². The van der Waals surface area contributed by atoms with Gasteiger partial charge in [0.05, 0.1) is 11.4 Å². The van der Waals surface area contributed by atoms with Crippen LogP contribution >= 0.6 is 0 Å². The van der Waals surface area contributed by atoms with Crippen molar-refractivity contribution in [2.24, 2.45) is 0 Å². The number of hydrogen-bond donors (Lipinski definition) is 1. The third-order valence-corrected chi connectivity index (χ3v) is 4.40. The van der Waals surface area contributed by atoms with Gasteiger partial charge in [-0.1, -0.05) is 12.1 Å². The van der Waals surface area contributed by atoms with Crippen LogP contribution in [0.3, 0.4) is 0 Å². The van der Waals surface area contributed by atoms with Gasteiger partial charge in [-0.2, -0.15) is 13.1 Å². The third-order valence-electron chi connectivity index (χ3n) is 3.02. The lowest BCUT2D eigenvalue weighted by Gasteiger charge is -2.31. The van der Waals surface area contributed by atoms with Crippen LogP contribution in [0.2, 0.25) is 0 Å². The van der Waals surface area contributed by atoms with Crippen LogP contribution in [0.5, 0.6) is 0 Å². The van der Waals surface area contributed by atoms with Gasteiger partial charge in [0, 0.05) is 6.54 Å². The van der Waals surface area contributed by atoms with Gasteiger partial charge < -0.3 is 0 Å². The summed E-state index contributed by atoms with van der Waals surface area (Å²) < 4.78 is 54.5. The van der Waals surface area contributed by atoms with Crippen LogP contribution in [0.15, 0.2) is 42.5 Å². The lowest BCUT2D eigenvalue weighted by atomic mass is 10.1. The van der Waals surface area contributed by atoms with Crippen LogP contribution in [0, 0.1) is 11.6 Å². The average Bonchev–Trinajstić information content (AvgIpc) is 2.40. The summed E-state index contributed by atoms with van der Waals surface area (Å²) in [4.78, 5) is 0. The van der Waals surface area contributed by atoms with E-state index in [1.54, 1.807) is 0 Å². The van der Waals surface area contributed by atoms with Crippen molar-refractivity contribution >= 4 is 21.6 Å². The molecule has 0 radical (unpaired) electrons. The first-order chi connectivity index (χ1) is 9.49. The van der Waals surface area contributed by atoms with Crippen LogP contribution in [-0.2, 0) is 16.8 Å². The Morgan fingerprint density at radius 2 is 1.80 bits per heavy atom. The van der Waals surface area contributed by atoms with Crippen LogP contribution in [0.4, 0.5) is 20.2 Å². The van der Waals surface area contributed by atoms with Gasteiger partial charge in [-0.05, 0) is 35.9 Å². The molecule has 20 heavy (non-hydrogen) atoms. The highest BCUT2D eigenvalue weighted by Gasteiger charge is 2.32. The zero-order valence-electron chi connectivity index (χ0n) is 10.2. The molecule has 0 unspecified atom stereocenters. The Balaban J connectivity index is 2.25. The van der Waals surface area contributed by atoms with Gasteiger partial charge in [0.1, 0.15) is 11.6 Å². The zero-order chi connectivity index (χ0) is 14.3. The van der Waals surface area contributed by atoms with E-state index >= 15 is 0 Å². The second-order valence-electron chi connectivity index (χ2n) is 4.32. The largest absolute Gasteiger partial charge is 0.306 e. The normalized spacial score (nSPS) is 16.8. The average molecular weight is 296 g/mol. The second kappa shape index (κ2) is 4.53. The molecule has 0 bridgehead atoms. The van der Waals surface area contributed by atoms with E-state index in [1.165, 1.54) is 36.4 Å². The lowest BCUT2D eigenvalue weighted by molar-refractivity contribution is 0.572. The fourth-order valence-electron chi connectivity index (χ4n) is 2.13. The van der Waals surface area contributed by atoms with Crippen molar-refractivity contribution in [3.05, 3.63) is 59.7 Å². The number of nitrogens with one attached hydrogen (secondary N) is 1. The number of anilines is 2. The molecule has 0 saturated heterocycles. The third kappa shape index (κ3) is 2.04. The second-order valence-corrected chi connectivity index (χ2v) is 5.92.